The molecule has 1 heterocycles. The lowest BCUT2D eigenvalue weighted by Crippen LogP contribution is -2.27. The van der Waals surface area contributed by atoms with Crippen LogP contribution >= 0.6 is 0 Å². The lowest BCUT2D eigenvalue weighted by Gasteiger charge is -2.40. The number of benzene rings is 4. The summed E-state index contributed by atoms with van der Waals surface area (Å²) in [7, 11) is 0. The highest BCUT2D eigenvalue weighted by atomic mass is 16.4. The van der Waals surface area contributed by atoms with Gasteiger partial charge in [0.2, 0.25) is 5.76 Å². The number of carboxylic acids is 1. The molecular weight excluding hydrogens is 516 g/mol. The van der Waals surface area contributed by atoms with E-state index in [1.165, 1.54) is 44.7 Å². The number of hydrogen-bond donors (Lipinski definition) is 1. The van der Waals surface area contributed by atoms with Gasteiger partial charge >= 0.3 is 5.97 Å². The van der Waals surface area contributed by atoms with E-state index in [1.807, 2.05) is 0 Å². The molecule has 2 aliphatic rings. The minimum absolute atomic E-state index is 0.0318. The second-order valence-corrected chi connectivity index (χ2v) is 13.5. The van der Waals surface area contributed by atoms with Crippen molar-refractivity contribution in [1.29, 1.82) is 0 Å². The predicted molar refractivity (Wildman–Crippen MR) is 172 cm³/mol. The van der Waals surface area contributed by atoms with E-state index in [2.05, 4.69) is 107 Å². The van der Waals surface area contributed by atoms with Crippen LogP contribution in [-0.2, 0) is 11.8 Å². The average molecular weight is 553 g/mol. The zero-order valence-corrected chi connectivity index (χ0v) is 25.0. The SMILES string of the molecule is Cc1cc2c3c(ccc2cc1-c1ccc2ccccc2c1Cc1ccc(C(=O)O)o1)C1=C(CC(C)(C)C=C1)CC3(C)C. The van der Waals surface area contributed by atoms with Gasteiger partial charge in [-0.25, -0.2) is 4.79 Å². The Balaban J connectivity index is 1.41. The van der Waals surface area contributed by atoms with Gasteiger partial charge in [0.05, 0.1) is 0 Å². The summed E-state index contributed by atoms with van der Waals surface area (Å²) in [5.41, 5.74) is 10.8. The van der Waals surface area contributed by atoms with Gasteiger partial charge < -0.3 is 9.52 Å². The summed E-state index contributed by atoms with van der Waals surface area (Å²) < 4.78 is 5.72. The molecule has 3 heteroatoms. The van der Waals surface area contributed by atoms with Crippen molar-refractivity contribution < 1.29 is 14.3 Å². The van der Waals surface area contributed by atoms with Crippen molar-refractivity contribution >= 4 is 33.1 Å². The molecule has 0 unspecified atom stereocenters. The van der Waals surface area contributed by atoms with Gasteiger partial charge in [-0.05, 0) is 109 Å². The summed E-state index contributed by atoms with van der Waals surface area (Å²) in [4.78, 5) is 11.5. The number of furan rings is 1. The highest BCUT2D eigenvalue weighted by Crippen LogP contribution is 2.51. The minimum atomic E-state index is -1.05. The number of hydrogen-bond acceptors (Lipinski definition) is 2. The Hall–Kier alpha value is -4.37. The molecule has 0 fully saturated rings. The molecule has 210 valence electrons. The molecule has 0 atom stereocenters. The van der Waals surface area contributed by atoms with Crippen LogP contribution in [0.5, 0.6) is 0 Å². The minimum Gasteiger partial charge on any atom is -0.475 e. The summed E-state index contributed by atoms with van der Waals surface area (Å²) >= 11 is 0. The first-order chi connectivity index (χ1) is 20.0. The van der Waals surface area contributed by atoms with E-state index in [9.17, 15) is 9.90 Å². The van der Waals surface area contributed by atoms with E-state index < -0.39 is 5.97 Å². The second kappa shape index (κ2) is 9.32. The monoisotopic (exact) mass is 552 g/mol. The first-order valence-corrected chi connectivity index (χ1v) is 14.8. The summed E-state index contributed by atoms with van der Waals surface area (Å²) in [6.45, 7) is 11.7. The first-order valence-electron chi connectivity index (χ1n) is 14.8. The standard InChI is InChI=1S/C39H36O3/c1-23-18-33-25(11-14-31-29-16-17-38(2,3)21-26(29)22-39(4,5)36(31)33)19-32(23)30-13-10-24-8-6-7-9-28(24)34(30)20-27-12-15-35(42-27)37(40)41/h6-19H,20-22H2,1-5H3,(H,40,41). The Morgan fingerprint density at radius 2 is 1.60 bits per heavy atom. The van der Waals surface area contributed by atoms with Crippen LogP contribution in [0.3, 0.4) is 0 Å². The van der Waals surface area contributed by atoms with E-state index >= 15 is 0 Å². The highest BCUT2D eigenvalue weighted by molar-refractivity contribution is 6.00. The molecule has 0 aliphatic heterocycles. The first kappa shape index (κ1) is 26.5. The third-order valence-corrected chi connectivity index (χ3v) is 9.29. The van der Waals surface area contributed by atoms with Crippen LogP contribution in [0.15, 0.2) is 94.9 Å². The van der Waals surface area contributed by atoms with Gasteiger partial charge in [0.1, 0.15) is 5.76 Å². The molecule has 0 radical (unpaired) electrons. The molecule has 5 aromatic rings. The quantitative estimate of drug-likeness (QED) is 0.241. The third kappa shape index (κ3) is 4.30. The maximum absolute atomic E-state index is 11.5. The summed E-state index contributed by atoms with van der Waals surface area (Å²) in [5, 5.41) is 14.3. The van der Waals surface area contributed by atoms with Crippen LogP contribution in [0.2, 0.25) is 0 Å². The lowest BCUT2D eigenvalue weighted by molar-refractivity contribution is 0.0660. The van der Waals surface area contributed by atoms with Gasteiger partial charge in [-0.1, -0.05) is 100 Å². The van der Waals surface area contributed by atoms with Crippen LogP contribution in [0.4, 0.5) is 0 Å². The van der Waals surface area contributed by atoms with Crippen molar-refractivity contribution in [2.45, 2.75) is 59.3 Å². The van der Waals surface area contributed by atoms with Crippen LogP contribution in [0.25, 0.3) is 38.2 Å². The number of fused-ring (bicyclic) bond motifs is 5. The zero-order valence-electron chi connectivity index (χ0n) is 25.0. The summed E-state index contributed by atoms with van der Waals surface area (Å²) in [6, 6.07) is 25.5. The molecule has 3 nitrogen and oxygen atoms in total. The molecule has 4 aromatic carbocycles. The van der Waals surface area contributed by atoms with Crippen molar-refractivity contribution in [2.24, 2.45) is 5.41 Å². The Morgan fingerprint density at radius 1 is 0.833 bits per heavy atom. The van der Waals surface area contributed by atoms with Gasteiger partial charge in [-0.15, -0.1) is 0 Å². The number of aromatic carboxylic acids is 1. The maximum Gasteiger partial charge on any atom is 0.371 e. The predicted octanol–water partition coefficient (Wildman–Crippen LogP) is 10.3. The molecule has 42 heavy (non-hydrogen) atoms. The molecular formula is C39H36O3. The van der Waals surface area contributed by atoms with Gasteiger partial charge in [0.25, 0.3) is 0 Å². The van der Waals surface area contributed by atoms with E-state index in [0.29, 0.717) is 12.2 Å². The summed E-state index contributed by atoms with van der Waals surface area (Å²) in [5.74, 6) is -0.436. The molecule has 1 N–H and O–H groups in total. The average Bonchev–Trinajstić information content (AvgIpc) is 3.41. The van der Waals surface area contributed by atoms with E-state index in [4.69, 9.17) is 4.42 Å². The Kier molecular flexibility index (Phi) is 5.89. The number of allylic oxidation sites excluding steroid dienone is 4. The van der Waals surface area contributed by atoms with Crippen molar-refractivity contribution in [3.8, 4) is 11.1 Å². The van der Waals surface area contributed by atoms with Crippen molar-refractivity contribution in [1.82, 2.24) is 0 Å². The maximum atomic E-state index is 11.5. The molecule has 0 amide bonds. The fraction of sp³-hybridized carbons (Fsp3) is 0.256. The number of carbonyl (C=O) groups is 1. The molecule has 1 aromatic heterocycles. The number of carboxylic acid groups (broad SMARTS) is 1. The number of rotatable bonds is 4. The molecule has 0 bridgehead atoms. The van der Waals surface area contributed by atoms with Crippen LogP contribution in [0.1, 0.15) is 79.1 Å². The van der Waals surface area contributed by atoms with Gasteiger partial charge in [0, 0.05) is 6.42 Å². The highest BCUT2D eigenvalue weighted by Gasteiger charge is 2.36. The van der Waals surface area contributed by atoms with E-state index in [0.717, 1.165) is 34.7 Å². The third-order valence-electron chi connectivity index (χ3n) is 9.29. The Bertz CT molecular complexity index is 1990. The van der Waals surface area contributed by atoms with Gasteiger partial charge in [0.15, 0.2) is 0 Å². The van der Waals surface area contributed by atoms with Crippen molar-refractivity contribution in [3.05, 3.63) is 124 Å². The largest absolute Gasteiger partial charge is 0.475 e. The smallest absolute Gasteiger partial charge is 0.371 e. The van der Waals surface area contributed by atoms with E-state index in [-0.39, 0.29) is 16.6 Å². The molecule has 0 saturated heterocycles. The topological polar surface area (TPSA) is 50.4 Å². The normalized spacial score (nSPS) is 17.0. The van der Waals surface area contributed by atoms with Gasteiger partial charge in [-0.2, -0.15) is 0 Å². The molecule has 7 rings (SSSR count). The van der Waals surface area contributed by atoms with Gasteiger partial charge in [-0.3, -0.25) is 0 Å². The number of aryl methyl sites for hydroxylation is 1. The lowest BCUT2D eigenvalue weighted by atomic mass is 9.64. The van der Waals surface area contributed by atoms with Crippen LogP contribution in [0, 0.1) is 12.3 Å². The second-order valence-electron chi connectivity index (χ2n) is 13.5. The molecule has 0 saturated carbocycles. The van der Waals surface area contributed by atoms with Crippen LogP contribution < -0.4 is 0 Å². The molecule has 0 spiro atoms. The molecule has 2 aliphatic carbocycles. The Morgan fingerprint density at radius 3 is 2.38 bits per heavy atom. The Labute approximate surface area is 247 Å². The van der Waals surface area contributed by atoms with E-state index in [1.54, 1.807) is 11.6 Å². The van der Waals surface area contributed by atoms with Crippen molar-refractivity contribution in [2.75, 3.05) is 0 Å². The van der Waals surface area contributed by atoms with Crippen molar-refractivity contribution in [3.63, 3.8) is 0 Å². The summed E-state index contributed by atoms with van der Waals surface area (Å²) in [6.07, 6.45) is 7.46. The zero-order chi connectivity index (χ0) is 29.4. The van der Waals surface area contributed by atoms with Crippen LogP contribution in [-0.4, -0.2) is 11.1 Å². The fourth-order valence-corrected chi connectivity index (χ4v) is 7.46. The fourth-order valence-electron chi connectivity index (χ4n) is 7.46.